The lowest BCUT2D eigenvalue weighted by molar-refractivity contribution is 0.416. The quantitative estimate of drug-likeness (QED) is 0.389. The van der Waals surface area contributed by atoms with Crippen LogP contribution in [0.1, 0.15) is 26.2 Å². The Labute approximate surface area is 108 Å². The summed E-state index contributed by atoms with van der Waals surface area (Å²) in [6, 6.07) is 1.93. The predicted octanol–water partition coefficient (Wildman–Crippen LogP) is -2.36. The lowest BCUT2D eigenvalue weighted by Gasteiger charge is -2.20. The summed E-state index contributed by atoms with van der Waals surface area (Å²) in [5.41, 5.74) is 5.95. The topological polar surface area (TPSA) is 47.3 Å². The fourth-order valence-corrected chi connectivity index (χ4v) is 47.5. The van der Waals surface area contributed by atoms with Gasteiger partial charge in [0.15, 0.2) is 0 Å². The van der Waals surface area contributed by atoms with Gasteiger partial charge in [-0.2, -0.15) is 0 Å². The van der Waals surface area contributed by atoms with E-state index in [1.165, 1.54) is 25.6 Å². The molecule has 2 atom stereocenters. The van der Waals surface area contributed by atoms with Gasteiger partial charge in [0.2, 0.25) is 0 Å². The van der Waals surface area contributed by atoms with Crippen molar-refractivity contribution in [3.63, 3.8) is 0 Å². The highest BCUT2D eigenvalue weighted by molar-refractivity contribution is 7.48. The van der Waals surface area contributed by atoms with Crippen molar-refractivity contribution in [2.24, 2.45) is 5.73 Å². The van der Waals surface area contributed by atoms with Crippen LogP contribution in [0.25, 0.3) is 0 Å². The molecule has 0 aromatic carbocycles. The van der Waals surface area contributed by atoms with Crippen molar-refractivity contribution in [2.45, 2.75) is 38.3 Å². The summed E-state index contributed by atoms with van der Waals surface area (Å²) in [4.78, 5) is 0. The monoisotopic (exact) mass is 292 g/mol. The smallest absolute Gasteiger partial charge is 0.139 e. The first kappa shape index (κ1) is 14.8. The minimum Gasteiger partial charge on any atom is -0.432 e. The number of hydrogen-bond acceptors (Lipinski definition) is 3. The molecule has 1 aliphatic heterocycles. The molecule has 0 aromatic rings. The van der Waals surface area contributed by atoms with E-state index in [1.54, 1.807) is 6.04 Å². The molecular formula is C9H28N2OSi4. The van der Waals surface area contributed by atoms with E-state index in [1.807, 2.05) is 0 Å². The Bertz CT molecular complexity index is 170. The third kappa shape index (κ3) is 7.15. The van der Waals surface area contributed by atoms with Crippen LogP contribution in [-0.2, 0) is 4.43 Å². The average Bonchev–Trinajstić information content (AvgIpc) is 2.30. The molecule has 0 bridgehead atoms. The molecule has 1 rings (SSSR count). The zero-order valence-electron chi connectivity index (χ0n) is 10.7. The maximum Gasteiger partial charge on any atom is 0.139 e. The van der Waals surface area contributed by atoms with E-state index in [9.17, 15) is 0 Å². The van der Waals surface area contributed by atoms with Gasteiger partial charge >= 0.3 is 0 Å². The lowest BCUT2D eigenvalue weighted by Crippen LogP contribution is -2.42. The molecule has 0 radical (unpaired) electrons. The van der Waals surface area contributed by atoms with E-state index >= 15 is 0 Å². The summed E-state index contributed by atoms with van der Waals surface area (Å²) >= 11 is 0. The molecule has 1 heterocycles. The standard InChI is InChI=1S/C9H28N2OSi4/c1-2-4-9(10)7-11-5-3-6-16-8-12-13-14-15-16/h9,11,16H,2-8,10,13-15H2,1H3. The highest BCUT2D eigenvalue weighted by Gasteiger charge is 2.15. The maximum absolute atomic E-state index is 5.95. The van der Waals surface area contributed by atoms with E-state index in [4.69, 9.17) is 10.2 Å². The molecular weight excluding hydrogens is 264 g/mol. The molecule has 3 nitrogen and oxygen atoms in total. The summed E-state index contributed by atoms with van der Waals surface area (Å²) in [5, 5.41) is 3.50. The Kier molecular flexibility index (Phi) is 9.02. The first-order valence-corrected chi connectivity index (χ1v) is 20.3. The van der Waals surface area contributed by atoms with Crippen molar-refractivity contribution < 1.29 is 4.43 Å². The largest absolute Gasteiger partial charge is 0.432 e. The molecule has 0 amide bonds. The molecule has 3 N–H and O–H groups in total. The van der Waals surface area contributed by atoms with Crippen LogP contribution in [0, 0.1) is 0 Å². The molecule has 0 aromatic heterocycles. The predicted molar refractivity (Wildman–Crippen MR) is 83.9 cm³/mol. The normalized spacial score (nSPS) is 27.8. The van der Waals surface area contributed by atoms with Crippen molar-refractivity contribution in [3.05, 3.63) is 0 Å². The van der Waals surface area contributed by atoms with Crippen LogP contribution < -0.4 is 11.1 Å². The average molecular weight is 293 g/mol. The number of rotatable bonds is 8. The van der Waals surface area contributed by atoms with Crippen molar-refractivity contribution in [1.29, 1.82) is 0 Å². The van der Waals surface area contributed by atoms with Gasteiger partial charge < -0.3 is 15.5 Å². The third-order valence-electron chi connectivity index (χ3n) is 3.29. The minimum absolute atomic E-state index is 0.130. The van der Waals surface area contributed by atoms with Crippen molar-refractivity contribution in [2.75, 3.05) is 19.3 Å². The van der Waals surface area contributed by atoms with Crippen LogP contribution >= 0.6 is 0 Å². The summed E-state index contributed by atoms with van der Waals surface area (Å²) in [7, 11) is 0.871. The summed E-state index contributed by atoms with van der Waals surface area (Å²) < 4.78 is 5.77. The van der Waals surface area contributed by atoms with Crippen LogP contribution in [-0.4, -0.2) is 60.1 Å². The van der Waals surface area contributed by atoms with Crippen LogP contribution in [0.4, 0.5) is 0 Å². The van der Waals surface area contributed by atoms with E-state index in [2.05, 4.69) is 12.2 Å². The Balaban J connectivity index is 1.87. The van der Waals surface area contributed by atoms with Gasteiger partial charge in [-0.1, -0.05) is 19.4 Å². The summed E-state index contributed by atoms with van der Waals surface area (Å²) in [5.74, 6) is 0. The van der Waals surface area contributed by atoms with Crippen molar-refractivity contribution >= 4 is 34.7 Å². The fraction of sp³-hybridized carbons (Fsp3) is 1.00. The molecule has 0 aliphatic carbocycles. The molecule has 0 spiro atoms. The van der Waals surface area contributed by atoms with Gasteiger partial charge in [0.05, 0.1) is 8.31 Å². The van der Waals surface area contributed by atoms with Gasteiger partial charge in [-0.05, 0) is 19.4 Å². The maximum atomic E-state index is 5.95. The summed E-state index contributed by atoms with van der Waals surface area (Å²) in [6.07, 6.45) is 5.03. The number of nitrogens with one attached hydrogen (secondary N) is 1. The highest BCUT2D eigenvalue weighted by atomic mass is 29.7. The van der Waals surface area contributed by atoms with Gasteiger partial charge in [-0.25, -0.2) is 0 Å². The highest BCUT2D eigenvalue weighted by Crippen LogP contribution is 1.99. The second kappa shape index (κ2) is 9.74. The zero-order valence-corrected chi connectivity index (χ0v) is 16.1. The SMILES string of the molecule is CCCC(N)CNCCC[SiH]1CO[SiH2][SiH2][SiH2]1. The second-order valence-electron chi connectivity index (χ2n) is 4.98. The number of hydrogen-bond donors (Lipinski definition) is 2. The summed E-state index contributed by atoms with van der Waals surface area (Å²) in [6.45, 7) is 4.40. The molecule has 16 heavy (non-hydrogen) atoms. The van der Waals surface area contributed by atoms with E-state index in [0.29, 0.717) is 23.2 Å². The molecule has 1 saturated heterocycles. The van der Waals surface area contributed by atoms with Crippen molar-refractivity contribution in [3.8, 4) is 0 Å². The van der Waals surface area contributed by atoms with Gasteiger partial charge in [0, 0.05) is 35.9 Å². The first-order chi connectivity index (χ1) is 7.83. The van der Waals surface area contributed by atoms with Crippen LogP contribution in [0.5, 0.6) is 0 Å². The molecule has 7 heteroatoms. The minimum atomic E-state index is -0.265. The molecule has 96 valence electrons. The molecule has 1 fully saturated rings. The Hall–Kier alpha value is 0.748. The van der Waals surface area contributed by atoms with E-state index in [-0.39, 0.29) is 17.6 Å². The Morgan fingerprint density at radius 2 is 2.44 bits per heavy atom. The van der Waals surface area contributed by atoms with E-state index in [0.717, 1.165) is 13.0 Å². The van der Waals surface area contributed by atoms with Crippen molar-refractivity contribution in [1.82, 2.24) is 5.32 Å². The van der Waals surface area contributed by atoms with E-state index < -0.39 is 0 Å². The second-order valence-corrected chi connectivity index (χ2v) is 29.8. The van der Waals surface area contributed by atoms with Gasteiger partial charge in [-0.15, -0.1) is 0 Å². The molecule has 1 aliphatic rings. The third-order valence-corrected chi connectivity index (χ3v) is 39.7. The van der Waals surface area contributed by atoms with Gasteiger partial charge in [0.25, 0.3) is 0 Å². The zero-order chi connectivity index (χ0) is 11.6. The van der Waals surface area contributed by atoms with Crippen LogP contribution in [0.3, 0.4) is 0 Å². The molecule has 2 unspecified atom stereocenters. The lowest BCUT2D eigenvalue weighted by atomic mass is 10.2. The van der Waals surface area contributed by atoms with Crippen LogP contribution in [0.2, 0.25) is 6.04 Å². The van der Waals surface area contributed by atoms with Gasteiger partial charge in [-0.3, -0.25) is 0 Å². The van der Waals surface area contributed by atoms with Gasteiger partial charge in [0.1, 0.15) is 9.28 Å². The van der Waals surface area contributed by atoms with Crippen LogP contribution in [0.15, 0.2) is 0 Å². The first-order valence-electron chi connectivity index (χ1n) is 6.87. The number of nitrogens with two attached hydrogens (primary N) is 1. The Morgan fingerprint density at radius 3 is 3.12 bits per heavy atom. The Morgan fingerprint density at radius 1 is 1.56 bits per heavy atom. The molecule has 0 saturated carbocycles. The fourth-order valence-electron chi connectivity index (χ4n) is 2.31.